The van der Waals surface area contributed by atoms with Crippen molar-refractivity contribution in [3.63, 3.8) is 0 Å². The number of para-hydroxylation sites is 1. The molecule has 1 amide bonds. The van der Waals surface area contributed by atoms with Gasteiger partial charge >= 0.3 is 0 Å². The van der Waals surface area contributed by atoms with Crippen LogP contribution in [0.3, 0.4) is 0 Å². The van der Waals surface area contributed by atoms with Gasteiger partial charge in [-0.3, -0.25) is 4.79 Å². The zero-order valence-electron chi connectivity index (χ0n) is 10.4. The highest BCUT2D eigenvalue weighted by Crippen LogP contribution is 2.12. The standard InChI is InChI=1S/C13H20N2O.ClH/c1-10(2)9-15-13(16)8-7-11-5-3-4-6-12(11)14;/h3-6,10H,7-9,14H2,1-2H3,(H,15,16);1H. The van der Waals surface area contributed by atoms with Crippen LogP contribution in [0.5, 0.6) is 0 Å². The average molecular weight is 257 g/mol. The molecule has 0 saturated carbocycles. The molecule has 0 radical (unpaired) electrons. The van der Waals surface area contributed by atoms with Crippen LogP contribution in [0.1, 0.15) is 25.8 Å². The van der Waals surface area contributed by atoms with Crippen molar-refractivity contribution in [3.8, 4) is 0 Å². The van der Waals surface area contributed by atoms with E-state index in [1.165, 1.54) is 0 Å². The molecule has 0 aliphatic rings. The minimum Gasteiger partial charge on any atom is -0.399 e. The van der Waals surface area contributed by atoms with Crippen LogP contribution < -0.4 is 11.1 Å². The van der Waals surface area contributed by atoms with Crippen LogP contribution in [0.2, 0.25) is 0 Å². The van der Waals surface area contributed by atoms with Gasteiger partial charge < -0.3 is 11.1 Å². The SMILES string of the molecule is CC(C)CNC(=O)CCc1ccccc1N.Cl. The summed E-state index contributed by atoms with van der Waals surface area (Å²) >= 11 is 0. The van der Waals surface area contributed by atoms with Gasteiger partial charge in [0.15, 0.2) is 0 Å². The lowest BCUT2D eigenvalue weighted by Crippen LogP contribution is -2.27. The molecule has 17 heavy (non-hydrogen) atoms. The number of nitrogens with one attached hydrogen (secondary N) is 1. The largest absolute Gasteiger partial charge is 0.399 e. The lowest BCUT2D eigenvalue weighted by molar-refractivity contribution is -0.121. The maximum Gasteiger partial charge on any atom is 0.220 e. The number of aryl methyl sites for hydroxylation is 1. The van der Waals surface area contributed by atoms with Gasteiger partial charge in [0.1, 0.15) is 0 Å². The highest BCUT2D eigenvalue weighted by molar-refractivity contribution is 5.85. The van der Waals surface area contributed by atoms with Gasteiger partial charge in [0, 0.05) is 18.7 Å². The molecule has 0 saturated heterocycles. The van der Waals surface area contributed by atoms with Gasteiger partial charge in [-0.1, -0.05) is 32.0 Å². The lowest BCUT2D eigenvalue weighted by atomic mass is 10.1. The number of carbonyl (C=O) groups is 1. The summed E-state index contributed by atoms with van der Waals surface area (Å²) in [5.41, 5.74) is 7.60. The van der Waals surface area contributed by atoms with E-state index in [9.17, 15) is 4.79 Å². The average Bonchev–Trinajstić information content (AvgIpc) is 2.25. The zero-order chi connectivity index (χ0) is 12.0. The summed E-state index contributed by atoms with van der Waals surface area (Å²) in [5.74, 6) is 0.586. The fourth-order valence-corrected chi connectivity index (χ4v) is 1.42. The molecule has 96 valence electrons. The maximum absolute atomic E-state index is 11.5. The maximum atomic E-state index is 11.5. The van der Waals surface area contributed by atoms with E-state index in [2.05, 4.69) is 19.2 Å². The number of rotatable bonds is 5. The quantitative estimate of drug-likeness (QED) is 0.795. The number of carbonyl (C=O) groups excluding carboxylic acids is 1. The summed E-state index contributed by atoms with van der Waals surface area (Å²) in [6.45, 7) is 4.90. The normalized spacial score (nSPS) is 9.82. The van der Waals surface area contributed by atoms with Crippen molar-refractivity contribution >= 4 is 24.0 Å². The highest BCUT2D eigenvalue weighted by atomic mass is 35.5. The van der Waals surface area contributed by atoms with Crippen molar-refractivity contribution in [3.05, 3.63) is 29.8 Å². The number of nitrogens with two attached hydrogens (primary N) is 1. The van der Waals surface area contributed by atoms with E-state index in [-0.39, 0.29) is 18.3 Å². The third-order valence-electron chi connectivity index (χ3n) is 2.38. The molecule has 0 spiro atoms. The van der Waals surface area contributed by atoms with Crippen molar-refractivity contribution in [2.24, 2.45) is 5.92 Å². The fourth-order valence-electron chi connectivity index (χ4n) is 1.42. The minimum absolute atomic E-state index is 0. The first-order chi connectivity index (χ1) is 7.59. The number of hydrogen-bond acceptors (Lipinski definition) is 2. The molecule has 0 bridgehead atoms. The first-order valence-electron chi connectivity index (χ1n) is 5.69. The summed E-state index contributed by atoms with van der Waals surface area (Å²) in [5, 5.41) is 2.89. The molecule has 1 aromatic rings. The first kappa shape index (κ1) is 15.8. The minimum atomic E-state index is 0. The number of anilines is 1. The van der Waals surface area contributed by atoms with E-state index in [0.717, 1.165) is 17.8 Å². The summed E-state index contributed by atoms with van der Waals surface area (Å²) in [6, 6.07) is 7.67. The number of hydrogen-bond donors (Lipinski definition) is 2. The molecule has 0 fully saturated rings. The monoisotopic (exact) mass is 256 g/mol. The van der Waals surface area contributed by atoms with Crippen LogP contribution in [-0.4, -0.2) is 12.5 Å². The van der Waals surface area contributed by atoms with E-state index in [0.29, 0.717) is 18.8 Å². The summed E-state index contributed by atoms with van der Waals surface area (Å²) in [6.07, 6.45) is 1.21. The Morgan fingerprint density at radius 1 is 1.35 bits per heavy atom. The number of benzene rings is 1. The molecule has 1 aromatic carbocycles. The van der Waals surface area contributed by atoms with Gasteiger partial charge in [-0.05, 0) is 24.0 Å². The Morgan fingerprint density at radius 3 is 2.59 bits per heavy atom. The van der Waals surface area contributed by atoms with Crippen LogP contribution in [0.25, 0.3) is 0 Å². The number of amides is 1. The van der Waals surface area contributed by atoms with Crippen LogP contribution >= 0.6 is 12.4 Å². The van der Waals surface area contributed by atoms with Crippen molar-refractivity contribution in [2.45, 2.75) is 26.7 Å². The van der Waals surface area contributed by atoms with E-state index >= 15 is 0 Å². The Labute approximate surface area is 109 Å². The summed E-state index contributed by atoms with van der Waals surface area (Å²) < 4.78 is 0. The summed E-state index contributed by atoms with van der Waals surface area (Å²) in [7, 11) is 0. The molecule has 3 N–H and O–H groups in total. The van der Waals surface area contributed by atoms with E-state index in [1.807, 2.05) is 24.3 Å². The molecule has 0 aromatic heterocycles. The van der Waals surface area contributed by atoms with E-state index < -0.39 is 0 Å². The predicted molar refractivity (Wildman–Crippen MR) is 74.3 cm³/mol. The van der Waals surface area contributed by atoms with Gasteiger partial charge in [-0.15, -0.1) is 12.4 Å². The van der Waals surface area contributed by atoms with Gasteiger partial charge in [0.05, 0.1) is 0 Å². The topological polar surface area (TPSA) is 55.1 Å². The fraction of sp³-hybridized carbons (Fsp3) is 0.462. The van der Waals surface area contributed by atoms with Crippen LogP contribution in [0.4, 0.5) is 5.69 Å². The Balaban J connectivity index is 0.00000256. The molecule has 0 heterocycles. The second kappa shape index (κ2) is 7.96. The molecular weight excluding hydrogens is 236 g/mol. The van der Waals surface area contributed by atoms with Crippen molar-refractivity contribution < 1.29 is 4.79 Å². The first-order valence-corrected chi connectivity index (χ1v) is 5.69. The Morgan fingerprint density at radius 2 is 2.00 bits per heavy atom. The molecule has 0 atom stereocenters. The molecule has 0 aliphatic heterocycles. The molecule has 3 nitrogen and oxygen atoms in total. The molecule has 1 rings (SSSR count). The van der Waals surface area contributed by atoms with Crippen molar-refractivity contribution in [1.29, 1.82) is 0 Å². The Kier molecular flexibility index (Phi) is 7.39. The van der Waals surface area contributed by atoms with Gasteiger partial charge in [-0.25, -0.2) is 0 Å². The molecule has 0 unspecified atom stereocenters. The van der Waals surface area contributed by atoms with Gasteiger partial charge in [-0.2, -0.15) is 0 Å². The molecular formula is C13H21ClN2O. The Bertz CT molecular complexity index is 353. The van der Waals surface area contributed by atoms with E-state index in [4.69, 9.17) is 5.73 Å². The number of halogens is 1. The van der Waals surface area contributed by atoms with Crippen molar-refractivity contribution in [1.82, 2.24) is 5.32 Å². The second-order valence-corrected chi connectivity index (χ2v) is 4.40. The van der Waals surface area contributed by atoms with Crippen LogP contribution in [0, 0.1) is 5.92 Å². The zero-order valence-corrected chi connectivity index (χ0v) is 11.2. The van der Waals surface area contributed by atoms with Gasteiger partial charge in [0.25, 0.3) is 0 Å². The van der Waals surface area contributed by atoms with Crippen LogP contribution in [0.15, 0.2) is 24.3 Å². The van der Waals surface area contributed by atoms with E-state index in [1.54, 1.807) is 0 Å². The van der Waals surface area contributed by atoms with Gasteiger partial charge in [0.2, 0.25) is 5.91 Å². The predicted octanol–water partition coefficient (Wildman–Crippen LogP) is 2.40. The summed E-state index contributed by atoms with van der Waals surface area (Å²) in [4.78, 5) is 11.5. The highest BCUT2D eigenvalue weighted by Gasteiger charge is 2.04. The van der Waals surface area contributed by atoms with Crippen LogP contribution in [-0.2, 0) is 11.2 Å². The number of nitrogen functional groups attached to an aromatic ring is 1. The third kappa shape index (κ3) is 6.17. The van der Waals surface area contributed by atoms with Crippen molar-refractivity contribution in [2.75, 3.05) is 12.3 Å². The third-order valence-corrected chi connectivity index (χ3v) is 2.38. The second-order valence-electron chi connectivity index (χ2n) is 4.40. The lowest BCUT2D eigenvalue weighted by Gasteiger charge is -2.08. The Hall–Kier alpha value is -1.22. The molecule has 4 heteroatoms. The smallest absolute Gasteiger partial charge is 0.220 e. The molecule has 0 aliphatic carbocycles.